The van der Waals surface area contributed by atoms with Gasteiger partial charge in [0.15, 0.2) is 9.84 Å². The second kappa shape index (κ2) is 7.91. The van der Waals surface area contributed by atoms with E-state index in [1.54, 1.807) is 48.8 Å². The van der Waals surface area contributed by atoms with E-state index in [2.05, 4.69) is 10.3 Å². The fourth-order valence-electron chi connectivity index (χ4n) is 1.83. The van der Waals surface area contributed by atoms with Crippen molar-refractivity contribution in [3.63, 3.8) is 0 Å². The maximum atomic E-state index is 11.8. The third-order valence-corrected chi connectivity index (χ3v) is 4.12. The minimum atomic E-state index is -3.17. The van der Waals surface area contributed by atoms with Gasteiger partial charge in [-0.1, -0.05) is 12.1 Å². The van der Waals surface area contributed by atoms with E-state index in [-0.39, 0.29) is 18.3 Å². The van der Waals surface area contributed by atoms with Gasteiger partial charge in [-0.3, -0.25) is 9.78 Å². The monoisotopic (exact) mass is 340 g/mol. The van der Waals surface area contributed by atoms with E-state index >= 15 is 0 Å². The lowest BCUT2D eigenvalue weighted by molar-refractivity contribution is 0.0954. The molecule has 1 heterocycles. The van der Waals surface area contributed by atoms with Crippen LogP contribution in [0.25, 0.3) is 0 Å². The molecule has 2 rings (SSSR count). The summed E-state index contributed by atoms with van der Waals surface area (Å²) in [5.41, 5.74) is 1.54. The van der Waals surface area contributed by atoms with E-state index in [0.29, 0.717) is 23.4 Å². The summed E-state index contributed by atoms with van der Waals surface area (Å²) < 4.78 is 22.7. The third-order valence-electron chi connectivity index (χ3n) is 2.99. The van der Waals surface area contributed by atoms with Crippen molar-refractivity contribution in [3.05, 3.63) is 59.9 Å². The van der Waals surface area contributed by atoms with Crippen LogP contribution >= 0.6 is 12.4 Å². The molecule has 5 nitrogen and oxygen atoms in total. The van der Waals surface area contributed by atoms with Crippen LogP contribution < -0.4 is 5.32 Å². The quantitative estimate of drug-likeness (QED) is 0.901. The number of nitrogens with zero attached hydrogens (tertiary/aromatic N) is 1. The van der Waals surface area contributed by atoms with Crippen molar-refractivity contribution >= 4 is 28.2 Å². The highest BCUT2D eigenvalue weighted by Crippen LogP contribution is 2.10. The van der Waals surface area contributed by atoms with Gasteiger partial charge in [-0.25, -0.2) is 8.42 Å². The van der Waals surface area contributed by atoms with E-state index in [0.717, 1.165) is 5.56 Å². The number of amides is 1. The zero-order valence-corrected chi connectivity index (χ0v) is 13.7. The van der Waals surface area contributed by atoms with Crippen LogP contribution in [0, 0.1) is 0 Å². The molecule has 0 saturated carbocycles. The lowest BCUT2D eigenvalue weighted by Gasteiger charge is -2.06. The molecule has 118 valence electrons. The van der Waals surface area contributed by atoms with Gasteiger partial charge in [-0.2, -0.15) is 0 Å². The third kappa shape index (κ3) is 5.13. The maximum Gasteiger partial charge on any atom is 0.251 e. The molecule has 1 aromatic carbocycles. The van der Waals surface area contributed by atoms with Crippen molar-refractivity contribution in [2.45, 2.75) is 11.3 Å². The van der Waals surface area contributed by atoms with Gasteiger partial charge in [0.05, 0.1) is 4.90 Å². The molecule has 0 fully saturated rings. The summed E-state index contributed by atoms with van der Waals surface area (Å²) in [6.45, 7) is 0.485. The highest BCUT2D eigenvalue weighted by Gasteiger charge is 2.07. The van der Waals surface area contributed by atoms with Crippen molar-refractivity contribution in [1.82, 2.24) is 10.3 Å². The molecule has 1 amide bonds. The number of aromatic nitrogens is 1. The Labute approximate surface area is 136 Å². The Morgan fingerprint density at radius 1 is 1.09 bits per heavy atom. The van der Waals surface area contributed by atoms with Gasteiger partial charge in [-0.05, 0) is 36.2 Å². The summed E-state index contributed by atoms with van der Waals surface area (Å²) >= 11 is 0. The van der Waals surface area contributed by atoms with Gasteiger partial charge < -0.3 is 5.32 Å². The number of carbonyl (C=O) groups excluding carboxylic acids is 1. The molecule has 0 aliphatic rings. The number of sulfone groups is 1. The van der Waals surface area contributed by atoms with Gasteiger partial charge in [0.25, 0.3) is 5.91 Å². The number of carbonyl (C=O) groups is 1. The Hall–Kier alpha value is -1.92. The molecule has 0 aliphatic heterocycles. The standard InChI is InChI=1S/C15H16N2O3S.ClH/c1-21(19,20)14-4-2-12(3-5-14)6-11-17-15(18)13-7-9-16-10-8-13;/h2-5,7-10H,6,11H2,1H3,(H,17,18);1H. The summed E-state index contributed by atoms with van der Waals surface area (Å²) in [4.78, 5) is 16.0. The van der Waals surface area contributed by atoms with E-state index in [1.807, 2.05) is 0 Å². The van der Waals surface area contributed by atoms with Crippen LogP contribution in [0.2, 0.25) is 0 Å². The molecule has 0 atom stereocenters. The molecule has 0 saturated heterocycles. The molecule has 0 aliphatic carbocycles. The minimum absolute atomic E-state index is 0. The average Bonchev–Trinajstić information content (AvgIpc) is 2.47. The molecule has 0 unspecified atom stereocenters. The van der Waals surface area contributed by atoms with Crippen molar-refractivity contribution in [2.24, 2.45) is 0 Å². The van der Waals surface area contributed by atoms with Gasteiger partial charge in [0.1, 0.15) is 0 Å². The second-order valence-corrected chi connectivity index (χ2v) is 6.67. The highest BCUT2D eigenvalue weighted by molar-refractivity contribution is 7.90. The van der Waals surface area contributed by atoms with Crippen LogP contribution in [0.4, 0.5) is 0 Å². The fourth-order valence-corrected chi connectivity index (χ4v) is 2.46. The molecule has 2 aromatic rings. The Kier molecular flexibility index (Phi) is 6.52. The van der Waals surface area contributed by atoms with Gasteiger partial charge in [-0.15, -0.1) is 12.4 Å². The van der Waals surface area contributed by atoms with Crippen LogP contribution in [-0.4, -0.2) is 32.1 Å². The van der Waals surface area contributed by atoms with Gasteiger partial charge in [0.2, 0.25) is 0 Å². The number of hydrogen-bond donors (Lipinski definition) is 1. The first-order valence-electron chi connectivity index (χ1n) is 6.44. The van der Waals surface area contributed by atoms with E-state index in [4.69, 9.17) is 0 Å². The lowest BCUT2D eigenvalue weighted by atomic mass is 10.1. The van der Waals surface area contributed by atoms with Gasteiger partial charge in [0, 0.05) is 30.8 Å². The number of rotatable bonds is 5. The number of pyridine rings is 1. The first kappa shape index (κ1) is 18.1. The summed E-state index contributed by atoms with van der Waals surface area (Å²) in [5.74, 6) is -0.148. The first-order chi connectivity index (χ1) is 9.97. The normalized spacial score (nSPS) is 10.6. The SMILES string of the molecule is CS(=O)(=O)c1ccc(CCNC(=O)c2ccncc2)cc1.Cl. The smallest absolute Gasteiger partial charge is 0.251 e. The Bertz CT molecular complexity index is 716. The van der Waals surface area contributed by atoms with Crippen LogP contribution in [0.5, 0.6) is 0 Å². The molecule has 0 spiro atoms. The number of hydrogen-bond acceptors (Lipinski definition) is 4. The fraction of sp³-hybridized carbons (Fsp3) is 0.200. The topological polar surface area (TPSA) is 76.1 Å². The van der Waals surface area contributed by atoms with Crippen LogP contribution in [0.1, 0.15) is 15.9 Å². The second-order valence-electron chi connectivity index (χ2n) is 4.66. The molecular weight excluding hydrogens is 324 g/mol. The van der Waals surface area contributed by atoms with Crippen molar-refractivity contribution in [2.75, 3.05) is 12.8 Å². The largest absolute Gasteiger partial charge is 0.352 e. The predicted molar refractivity (Wildman–Crippen MR) is 87.1 cm³/mol. The van der Waals surface area contributed by atoms with Crippen molar-refractivity contribution in [3.8, 4) is 0 Å². The predicted octanol–water partition coefficient (Wildman–Crippen LogP) is 1.88. The van der Waals surface area contributed by atoms with E-state index in [9.17, 15) is 13.2 Å². The molecule has 7 heteroatoms. The van der Waals surface area contributed by atoms with Gasteiger partial charge >= 0.3 is 0 Å². The zero-order valence-electron chi connectivity index (χ0n) is 12.0. The first-order valence-corrected chi connectivity index (χ1v) is 8.33. The highest BCUT2D eigenvalue weighted by atomic mass is 35.5. The summed E-state index contributed by atoms with van der Waals surface area (Å²) in [7, 11) is -3.17. The lowest BCUT2D eigenvalue weighted by Crippen LogP contribution is -2.25. The Morgan fingerprint density at radius 2 is 1.68 bits per heavy atom. The summed E-state index contributed by atoms with van der Waals surface area (Å²) in [6.07, 6.45) is 4.95. The van der Waals surface area contributed by atoms with Crippen LogP contribution in [-0.2, 0) is 16.3 Å². The molecule has 1 N–H and O–H groups in total. The Morgan fingerprint density at radius 3 is 2.23 bits per heavy atom. The maximum absolute atomic E-state index is 11.8. The molecule has 0 bridgehead atoms. The Balaban J connectivity index is 0.00000242. The molecule has 1 aromatic heterocycles. The minimum Gasteiger partial charge on any atom is -0.352 e. The summed E-state index contributed by atoms with van der Waals surface area (Å²) in [5, 5.41) is 2.81. The number of benzene rings is 1. The molecular formula is C15H17ClN2O3S. The van der Waals surface area contributed by atoms with Crippen LogP contribution in [0.15, 0.2) is 53.7 Å². The zero-order chi connectivity index (χ0) is 15.3. The van der Waals surface area contributed by atoms with Crippen LogP contribution in [0.3, 0.4) is 0 Å². The van der Waals surface area contributed by atoms with Crippen molar-refractivity contribution < 1.29 is 13.2 Å². The number of halogens is 1. The van der Waals surface area contributed by atoms with E-state index < -0.39 is 9.84 Å². The van der Waals surface area contributed by atoms with Crippen molar-refractivity contribution in [1.29, 1.82) is 0 Å². The average molecular weight is 341 g/mol. The molecule has 22 heavy (non-hydrogen) atoms. The molecule has 0 radical (unpaired) electrons. The number of nitrogens with one attached hydrogen (secondary N) is 1. The summed E-state index contributed by atoms with van der Waals surface area (Å²) in [6, 6.07) is 9.97. The van der Waals surface area contributed by atoms with E-state index in [1.165, 1.54) is 6.26 Å².